The number of hydrogen-bond donors (Lipinski definition) is 0. The summed E-state index contributed by atoms with van der Waals surface area (Å²) in [6, 6.07) is 12.8. The Hall–Kier alpha value is -2.80. The predicted molar refractivity (Wildman–Crippen MR) is 102 cm³/mol. The third-order valence-corrected chi connectivity index (χ3v) is 5.75. The molecule has 4 rings (SSSR count). The van der Waals surface area contributed by atoms with Gasteiger partial charge in [-0.05, 0) is 29.7 Å². The largest absolute Gasteiger partial charge is 0.469 e. The van der Waals surface area contributed by atoms with Gasteiger partial charge in [0, 0.05) is 19.1 Å². The lowest BCUT2D eigenvalue weighted by atomic mass is 9.93. The van der Waals surface area contributed by atoms with Gasteiger partial charge in [-0.25, -0.2) is 8.78 Å². The molecule has 0 saturated carbocycles. The van der Waals surface area contributed by atoms with E-state index in [1.165, 1.54) is 13.2 Å². The monoisotopic (exact) mass is 400 g/mol. The number of piperazine rings is 1. The maximum Gasteiger partial charge on any atom is 0.311 e. The first-order valence-corrected chi connectivity index (χ1v) is 9.58. The first-order valence-electron chi connectivity index (χ1n) is 9.58. The van der Waals surface area contributed by atoms with Gasteiger partial charge >= 0.3 is 5.97 Å². The van der Waals surface area contributed by atoms with Crippen LogP contribution in [0.4, 0.5) is 8.78 Å². The maximum absolute atomic E-state index is 13.5. The number of nitrogens with zero attached hydrogens (tertiary/aromatic N) is 2. The van der Waals surface area contributed by atoms with Gasteiger partial charge in [-0.1, -0.05) is 36.4 Å². The molecule has 0 spiro atoms. The summed E-state index contributed by atoms with van der Waals surface area (Å²) in [4.78, 5) is 29.2. The van der Waals surface area contributed by atoms with E-state index in [-0.39, 0.29) is 30.5 Å². The molecule has 2 aromatic rings. The third-order valence-electron chi connectivity index (χ3n) is 5.75. The zero-order valence-electron chi connectivity index (χ0n) is 16.1. The van der Waals surface area contributed by atoms with Crippen LogP contribution in [0.5, 0.6) is 0 Å². The number of amides is 1. The second kappa shape index (κ2) is 7.91. The van der Waals surface area contributed by atoms with Gasteiger partial charge in [0.15, 0.2) is 11.6 Å². The summed E-state index contributed by atoms with van der Waals surface area (Å²) in [5, 5.41) is 0. The summed E-state index contributed by atoms with van der Waals surface area (Å²) in [5.41, 5.74) is 1.51. The Morgan fingerprint density at radius 3 is 2.59 bits per heavy atom. The van der Waals surface area contributed by atoms with E-state index in [0.717, 1.165) is 17.7 Å². The smallest absolute Gasteiger partial charge is 0.311 e. The Morgan fingerprint density at radius 1 is 1.14 bits per heavy atom. The van der Waals surface area contributed by atoms with E-state index in [1.54, 1.807) is 4.90 Å². The summed E-state index contributed by atoms with van der Waals surface area (Å²) in [5.74, 6) is -2.63. The van der Waals surface area contributed by atoms with Crippen molar-refractivity contribution in [1.82, 2.24) is 9.80 Å². The second-order valence-corrected chi connectivity index (χ2v) is 7.59. The van der Waals surface area contributed by atoms with Crippen LogP contribution < -0.4 is 0 Å². The van der Waals surface area contributed by atoms with Crippen LogP contribution in [-0.2, 0) is 20.9 Å². The predicted octanol–water partition coefficient (Wildman–Crippen LogP) is 2.91. The molecule has 7 heteroatoms. The van der Waals surface area contributed by atoms with Gasteiger partial charge in [-0.15, -0.1) is 0 Å². The average molecular weight is 400 g/mol. The summed E-state index contributed by atoms with van der Waals surface area (Å²) in [7, 11) is 1.36. The van der Waals surface area contributed by atoms with E-state index >= 15 is 0 Å². The fourth-order valence-corrected chi connectivity index (χ4v) is 4.55. The van der Waals surface area contributed by atoms with Crippen molar-refractivity contribution < 1.29 is 23.1 Å². The van der Waals surface area contributed by atoms with Crippen molar-refractivity contribution in [3.8, 4) is 0 Å². The third kappa shape index (κ3) is 3.74. The van der Waals surface area contributed by atoms with Crippen molar-refractivity contribution in [3.05, 3.63) is 71.3 Å². The number of methoxy groups -OCH3 is 1. The minimum Gasteiger partial charge on any atom is -0.469 e. The van der Waals surface area contributed by atoms with Crippen LogP contribution >= 0.6 is 0 Å². The fourth-order valence-electron chi connectivity index (χ4n) is 4.55. The first-order chi connectivity index (χ1) is 14.0. The van der Waals surface area contributed by atoms with E-state index in [1.807, 2.05) is 35.2 Å². The number of benzene rings is 2. The van der Waals surface area contributed by atoms with E-state index < -0.39 is 17.6 Å². The highest BCUT2D eigenvalue weighted by Crippen LogP contribution is 2.43. The Bertz CT molecular complexity index is 922. The molecule has 0 aromatic heterocycles. The Balaban J connectivity index is 1.57. The molecule has 2 fully saturated rings. The fraction of sp³-hybridized carbons (Fsp3) is 0.364. The van der Waals surface area contributed by atoms with E-state index in [2.05, 4.69) is 0 Å². The number of rotatable bonds is 4. The van der Waals surface area contributed by atoms with Crippen molar-refractivity contribution in [3.63, 3.8) is 0 Å². The normalized spacial score (nSPS) is 24.4. The number of halogens is 2. The van der Waals surface area contributed by atoms with Crippen molar-refractivity contribution in [1.29, 1.82) is 0 Å². The highest BCUT2D eigenvalue weighted by Gasteiger charge is 2.50. The van der Waals surface area contributed by atoms with E-state index in [4.69, 9.17) is 4.74 Å². The Labute approximate surface area is 167 Å². The topological polar surface area (TPSA) is 49.9 Å². The number of carbonyl (C=O) groups is 2. The summed E-state index contributed by atoms with van der Waals surface area (Å²) < 4.78 is 31.7. The molecule has 5 nitrogen and oxygen atoms in total. The van der Waals surface area contributed by atoms with Gasteiger partial charge in [-0.2, -0.15) is 0 Å². The molecule has 2 saturated heterocycles. The molecule has 2 aliphatic heterocycles. The lowest BCUT2D eigenvalue weighted by Crippen LogP contribution is -2.53. The zero-order chi connectivity index (χ0) is 20.5. The molecule has 29 heavy (non-hydrogen) atoms. The van der Waals surface area contributed by atoms with E-state index in [9.17, 15) is 18.4 Å². The molecular weight excluding hydrogens is 378 g/mol. The van der Waals surface area contributed by atoms with Crippen LogP contribution in [0.2, 0.25) is 0 Å². The van der Waals surface area contributed by atoms with Gasteiger partial charge < -0.3 is 9.64 Å². The number of esters is 1. The van der Waals surface area contributed by atoms with Gasteiger partial charge in [0.05, 0.1) is 25.6 Å². The zero-order valence-corrected chi connectivity index (χ0v) is 16.1. The van der Waals surface area contributed by atoms with Crippen molar-refractivity contribution >= 4 is 11.9 Å². The molecule has 0 aliphatic carbocycles. The van der Waals surface area contributed by atoms with Crippen LogP contribution in [0.3, 0.4) is 0 Å². The number of fused-ring (bicyclic) bond motifs is 1. The van der Waals surface area contributed by atoms with Gasteiger partial charge in [-0.3, -0.25) is 14.5 Å². The first kappa shape index (κ1) is 19.5. The molecule has 2 heterocycles. The molecule has 0 radical (unpaired) electrons. The average Bonchev–Trinajstić information content (AvgIpc) is 3.11. The van der Waals surface area contributed by atoms with Crippen molar-refractivity contribution in [2.45, 2.75) is 25.0 Å². The molecular formula is C22H22F2N2O3. The maximum atomic E-state index is 13.5. The van der Waals surface area contributed by atoms with Crippen LogP contribution in [-0.4, -0.2) is 47.9 Å². The van der Waals surface area contributed by atoms with Gasteiger partial charge in [0.1, 0.15) is 0 Å². The number of carbonyl (C=O) groups excluding carboxylic acids is 2. The van der Waals surface area contributed by atoms with Crippen molar-refractivity contribution in [2.24, 2.45) is 5.92 Å². The molecule has 0 N–H and O–H groups in total. The molecule has 2 aliphatic rings. The molecule has 3 atom stereocenters. The van der Waals surface area contributed by atoms with Gasteiger partial charge in [0.2, 0.25) is 5.91 Å². The highest BCUT2D eigenvalue weighted by atomic mass is 19.2. The molecule has 2 aromatic carbocycles. The number of hydrogen-bond acceptors (Lipinski definition) is 4. The Morgan fingerprint density at radius 2 is 1.90 bits per heavy atom. The van der Waals surface area contributed by atoms with Crippen LogP contribution in [0.15, 0.2) is 48.5 Å². The molecule has 152 valence electrons. The summed E-state index contributed by atoms with van der Waals surface area (Å²) in [6.07, 6.45) is 0.506. The Kier molecular flexibility index (Phi) is 5.32. The second-order valence-electron chi connectivity index (χ2n) is 7.59. The minimum atomic E-state index is -0.900. The van der Waals surface area contributed by atoms with Gasteiger partial charge in [0.25, 0.3) is 0 Å². The SMILES string of the molecule is COC(=O)[C@H]1C[C@H]2CN(Cc3ccc(F)c(F)c3)CC(=O)N2[C@H]1c1ccccc1. The molecule has 0 unspecified atom stereocenters. The quantitative estimate of drug-likeness (QED) is 0.741. The van der Waals surface area contributed by atoms with Crippen LogP contribution in [0.1, 0.15) is 23.6 Å². The van der Waals surface area contributed by atoms with Crippen molar-refractivity contribution in [2.75, 3.05) is 20.2 Å². The highest BCUT2D eigenvalue weighted by molar-refractivity contribution is 5.83. The summed E-state index contributed by atoms with van der Waals surface area (Å²) in [6.45, 7) is 1.06. The lowest BCUT2D eigenvalue weighted by molar-refractivity contribution is -0.147. The number of ether oxygens (including phenoxy) is 1. The lowest BCUT2D eigenvalue weighted by Gasteiger charge is -2.40. The van der Waals surface area contributed by atoms with Crippen LogP contribution in [0, 0.1) is 17.6 Å². The van der Waals surface area contributed by atoms with Crippen LogP contribution in [0.25, 0.3) is 0 Å². The van der Waals surface area contributed by atoms with E-state index in [0.29, 0.717) is 25.1 Å². The minimum absolute atomic E-state index is 0.0795. The standard InChI is InChI=1S/C22H22F2N2O3/c1-29-22(28)17-10-16-12-25(11-14-7-8-18(23)19(24)9-14)13-20(27)26(16)21(17)15-5-3-2-4-6-15/h2-9,16-17,21H,10-13H2,1H3/t16-,17-,21-/m0/s1. The molecule has 1 amide bonds. The summed E-state index contributed by atoms with van der Waals surface area (Å²) >= 11 is 0. The molecule has 0 bridgehead atoms.